The molecule has 8 heteroatoms. The Morgan fingerprint density at radius 3 is 3.04 bits per heavy atom. The molecule has 0 fully saturated rings. The number of nitro groups is 1. The molecule has 1 atom stereocenters. The lowest BCUT2D eigenvalue weighted by Crippen LogP contribution is -2.32. The summed E-state index contributed by atoms with van der Waals surface area (Å²) in [5.41, 5.74) is 3.32. The van der Waals surface area contributed by atoms with E-state index >= 15 is 0 Å². The van der Waals surface area contributed by atoms with Crippen molar-refractivity contribution in [2.24, 2.45) is 0 Å². The first-order valence-corrected chi connectivity index (χ1v) is 9.63. The van der Waals surface area contributed by atoms with Crippen molar-refractivity contribution in [3.8, 4) is 0 Å². The fourth-order valence-electron chi connectivity index (χ4n) is 3.34. The first kappa shape index (κ1) is 17.5. The molecule has 7 nitrogen and oxygen atoms in total. The number of amides is 1. The van der Waals surface area contributed by atoms with Crippen LogP contribution in [0.1, 0.15) is 30.0 Å². The van der Waals surface area contributed by atoms with Crippen molar-refractivity contribution in [2.45, 2.75) is 30.5 Å². The molecule has 0 saturated carbocycles. The highest BCUT2D eigenvalue weighted by Crippen LogP contribution is 2.30. The molecule has 0 saturated heterocycles. The van der Waals surface area contributed by atoms with Crippen molar-refractivity contribution in [1.29, 1.82) is 0 Å². The minimum atomic E-state index is -0.476. The van der Waals surface area contributed by atoms with Gasteiger partial charge in [0.25, 0.3) is 10.9 Å². The van der Waals surface area contributed by atoms with Gasteiger partial charge in [0.15, 0.2) is 5.58 Å². The second kappa shape index (κ2) is 7.40. The molecule has 4 rings (SSSR count). The Balaban J connectivity index is 1.40. The van der Waals surface area contributed by atoms with E-state index in [1.165, 1.54) is 41.1 Å². The van der Waals surface area contributed by atoms with Crippen molar-refractivity contribution >= 4 is 34.5 Å². The monoisotopic (exact) mass is 383 g/mol. The van der Waals surface area contributed by atoms with Gasteiger partial charge in [-0.15, -0.1) is 0 Å². The topological polar surface area (TPSA) is 98.3 Å². The van der Waals surface area contributed by atoms with Gasteiger partial charge >= 0.3 is 0 Å². The molecule has 1 aromatic heterocycles. The lowest BCUT2D eigenvalue weighted by atomic mass is 9.88. The van der Waals surface area contributed by atoms with E-state index in [1.807, 2.05) is 12.1 Å². The Labute approximate surface area is 159 Å². The first-order valence-electron chi connectivity index (χ1n) is 8.65. The Hall–Kier alpha value is -2.87. The lowest BCUT2D eigenvalue weighted by Gasteiger charge is -2.26. The number of hydrogen-bond acceptors (Lipinski definition) is 6. The van der Waals surface area contributed by atoms with Crippen molar-refractivity contribution in [2.75, 3.05) is 5.75 Å². The smallest absolute Gasteiger partial charge is 0.271 e. The maximum Gasteiger partial charge on any atom is 0.271 e. The Morgan fingerprint density at radius 1 is 1.33 bits per heavy atom. The number of carbonyl (C=O) groups is 1. The number of non-ortho nitro benzene ring substituents is 1. The van der Waals surface area contributed by atoms with Gasteiger partial charge in [0, 0.05) is 12.1 Å². The third kappa shape index (κ3) is 3.80. The number of nitrogens with one attached hydrogen (secondary N) is 1. The van der Waals surface area contributed by atoms with Crippen LogP contribution in [0.2, 0.25) is 0 Å². The van der Waals surface area contributed by atoms with Crippen LogP contribution in [0.5, 0.6) is 0 Å². The summed E-state index contributed by atoms with van der Waals surface area (Å²) in [5.74, 6) is 0.0862. The molecule has 27 heavy (non-hydrogen) atoms. The number of aromatic nitrogens is 1. The zero-order valence-corrected chi connectivity index (χ0v) is 15.2. The second-order valence-corrected chi connectivity index (χ2v) is 7.32. The minimum absolute atomic E-state index is 0.0364. The molecule has 2 aromatic carbocycles. The number of aryl methyl sites for hydroxylation is 1. The SMILES string of the molecule is O=C(CSc1nc2cc([N+](=O)[O-])ccc2o1)N[C@H]1CCCc2ccccc21. The fraction of sp³-hybridized carbons (Fsp3) is 0.263. The summed E-state index contributed by atoms with van der Waals surface area (Å²) in [6.45, 7) is 0. The molecule has 1 N–H and O–H groups in total. The second-order valence-electron chi connectivity index (χ2n) is 6.39. The normalized spacial score (nSPS) is 16.1. The van der Waals surface area contributed by atoms with Gasteiger partial charge in [-0.25, -0.2) is 4.98 Å². The average molecular weight is 383 g/mol. The Kier molecular flexibility index (Phi) is 4.81. The zero-order chi connectivity index (χ0) is 18.8. The third-order valence-electron chi connectivity index (χ3n) is 4.59. The lowest BCUT2D eigenvalue weighted by molar-refractivity contribution is -0.384. The fourth-order valence-corrected chi connectivity index (χ4v) is 3.99. The van der Waals surface area contributed by atoms with E-state index in [4.69, 9.17) is 4.42 Å². The van der Waals surface area contributed by atoms with Crippen molar-refractivity contribution in [3.63, 3.8) is 0 Å². The first-order chi connectivity index (χ1) is 13.1. The average Bonchev–Trinajstić information content (AvgIpc) is 3.09. The number of nitro benzene ring substituents is 1. The number of rotatable bonds is 5. The van der Waals surface area contributed by atoms with E-state index in [0.717, 1.165) is 19.3 Å². The molecule has 0 bridgehead atoms. The van der Waals surface area contributed by atoms with Gasteiger partial charge in [0.2, 0.25) is 5.91 Å². The van der Waals surface area contributed by atoms with E-state index in [2.05, 4.69) is 22.4 Å². The molecular weight excluding hydrogens is 366 g/mol. The van der Waals surface area contributed by atoms with Crippen LogP contribution in [0.3, 0.4) is 0 Å². The van der Waals surface area contributed by atoms with Crippen LogP contribution in [0.4, 0.5) is 5.69 Å². The van der Waals surface area contributed by atoms with Crippen LogP contribution in [0, 0.1) is 10.1 Å². The molecule has 1 aliphatic rings. The summed E-state index contributed by atoms with van der Waals surface area (Å²) in [5, 5.41) is 14.2. The number of oxazole rings is 1. The Bertz CT molecular complexity index is 1020. The van der Waals surface area contributed by atoms with Crippen LogP contribution in [-0.2, 0) is 11.2 Å². The largest absolute Gasteiger partial charge is 0.431 e. The predicted molar refractivity (Wildman–Crippen MR) is 102 cm³/mol. The van der Waals surface area contributed by atoms with Crippen LogP contribution >= 0.6 is 11.8 Å². The van der Waals surface area contributed by atoms with Gasteiger partial charge in [0.1, 0.15) is 5.52 Å². The molecule has 138 valence electrons. The number of carbonyl (C=O) groups excluding carboxylic acids is 1. The highest BCUT2D eigenvalue weighted by molar-refractivity contribution is 7.99. The quantitative estimate of drug-likeness (QED) is 0.406. The van der Waals surface area contributed by atoms with E-state index in [0.29, 0.717) is 16.3 Å². The van der Waals surface area contributed by atoms with E-state index in [1.54, 1.807) is 0 Å². The summed E-state index contributed by atoms with van der Waals surface area (Å²) >= 11 is 1.18. The van der Waals surface area contributed by atoms with Gasteiger partial charge in [0.05, 0.1) is 16.7 Å². The van der Waals surface area contributed by atoms with Gasteiger partial charge in [-0.3, -0.25) is 14.9 Å². The van der Waals surface area contributed by atoms with Crippen LogP contribution < -0.4 is 5.32 Å². The molecule has 0 radical (unpaired) electrons. The summed E-state index contributed by atoms with van der Waals surface area (Å²) in [6.07, 6.45) is 3.03. The molecule has 3 aromatic rings. The maximum absolute atomic E-state index is 12.4. The standard InChI is InChI=1S/C19H17N3O4S/c23-18(20-15-7-3-5-12-4-1-2-6-14(12)15)11-27-19-21-16-10-13(22(24)25)8-9-17(16)26-19/h1-2,4,6,8-10,15H,3,5,7,11H2,(H,20,23)/t15-/m0/s1. The maximum atomic E-state index is 12.4. The van der Waals surface area contributed by atoms with Gasteiger partial charge in [-0.1, -0.05) is 36.0 Å². The number of hydrogen-bond donors (Lipinski definition) is 1. The molecule has 0 spiro atoms. The van der Waals surface area contributed by atoms with Crippen molar-refractivity contribution < 1.29 is 14.1 Å². The summed E-state index contributed by atoms with van der Waals surface area (Å²) in [7, 11) is 0. The van der Waals surface area contributed by atoms with Gasteiger partial charge in [-0.2, -0.15) is 0 Å². The van der Waals surface area contributed by atoms with E-state index in [9.17, 15) is 14.9 Å². The number of fused-ring (bicyclic) bond motifs is 2. The van der Waals surface area contributed by atoms with Gasteiger partial charge < -0.3 is 9.73 Å². The zero-order valence-electron chi connectivity index (χ0n) is 14.4. The highest BCUT2D eigenvalue weighted by atomic mass is 32.2. The summed E-state index contributed by atoms with van der Waals surface area (Å²) in [6, 6.07) is 12.5. The van der Waals surface area contributed by atoms with Crippen molar-refractivity contribution in [1.82, 2.24) is 10.3 Å². The minimum Gasteiger partial charge on any atom is -0.431 e. The highest BCUT2D eigenvalue weighted by Gasteiger charge is 2.21. The molecule has 0 unspecified atom stereocenters. The van der Waals surface area contributed by atoms with Crippen LogP contribution in [-0.4, -0.2) is 21.6 Å². The molecule has 0 aliphatic heterocycles. The predicted octanol–water partition coefficient (Wildman–Crippen LogP) is 4.02. The van der Waals surface area contributed by atoms with Crippen molar-refractivity contribution in [3.05, 3.63) is 63.7 Å². The molecule has 1 amide bonds. The summed E-state index contributed by atoms with van der Waals surface area (Å²) < 4.78 is 5.55. The summed E-state index contributed by atoms with van der Waals surface area (Å²) in [4.78, 5) is 26.9. The molecule has 1 aliphatic carbocycles. The van der Waals surface area contributed by atoms with Crippen LogP contribution in [0.25, 0.3) is 11.1 Å². The third-order valence-corrected chi connectivity index (χ3v) is 5.42. The number of thioether (sulfide) groups is 1. The van der Waals surface area contributed by atoms with E-state index in [-0.39, 0.29) is 23.4 Å². The van der Waals surface area contributed by atoms with Gasteiger partial charge in [-0.05, 0) is 36.5 Å². The van der Waals surface area contributed by atoms with E-state index < -0.39 is 4.92 Å². The number of nitrogens with zero attached hydrogens (tertiary/aromatic N) is 2. The molecular formula is C19H17N3O4S. The number of benzene rings is 2. The molecule has 1 heterocycles. The van der Waals surface area contributed by atoms with Crippen LogP contribution in [0.15, 0.2) is 52.1 Å². The Morgan fingerprint density at radius 2 is 2.19 bits per heavy atom.